The van der Waals surface area contributed by atoms with Gasteiger partial charge in [0.2, 0.25) is 0 Å². The molecule has 0 aliphatic carbocycles. The van der Waals surface area contributed by atoms with E-state index in [9.17, 15) is 4.79 Å². The fourth-order valence-corrected chi connectivity index (χ4v) is 1.49. The summed E-state index contributed by atoms with van der Waals surface area (Å²) < 4.78 is 10.2. The van der Waals surface area contributed by atoms with Crippen molar-refractivity contribution in [1.29, 1.82) is 0 Å². The van der Waals surface area contributed by atoms with Gasteiger partial charge >= 0.3 is 5.97 Å². The lowest BCUT2D eigenvalue weighted by molar-refractivity contribution is 0.0695. The number of nitrogens with one attached hydrogen (secondary N) is 1. The molecule has 0 aliphatic heterocycles. The number of carbonyl (C=O) groups is 1. The minimum Gasteiger partial charge on any atom is -0.478 e. The summed E-state index contributed by atoms with van der Waals surface area (Å²) in [5.41, 5.74) is 0.196. The topological polar surface area (TPSA) is 88.5 Å². The summed E-state index contributed by atoms with van der Waals surface area (Å²) >= 11 is 0. The Morgan fingerprint density at radius 3 is 2.82 bits per heavy atom. The Bertz CT molecular complexity index is 502. The third kappa shape index (κ3) is 2.73. The molecule has 6 nitrogen and oxygen atoms in total. The zero-order valence-electron chi connectivity index (χ0n) is 9.27. The van der Waals surface area contributed by atoms with Crippen LogP contribution in [0.3, 0.4) is 0 Å². The summed E-state index contributed by atoms with van der Waals surface area (Å²) in [7, 11) is 0. The van der Waals surface area contributed by atoms with Crippen molar-refractivity contribution in [2.24, 2.45) is 0 Å². The highest BCUT2D eigenvalue weighted by molar-refractivity contribution is 5.88. The standard InChI is InChI=1S/C11H12N2O4/c1-7-10(11(14)15)4-9(16-7)6-12-5-8-2-3-13-17-8/h2-4,12H,5-6H2,1H3,(H,14,15). The van der Waals surface area contributed by atoms with Gasteiger partial charge in [-0.15, -0.1) is 0 Å². The minimum absolute atomic E-state index is 0.196. The molecule has 0 aliphatic rings. The van der Waals surface area contributed by atoms with Crippen LogP contribution in [-0.2, 0) is 13.1 Å². The molecular formula is C11H12N2O4. The summed E-state index contributed by atoms with van der Waals surface area (Å²) in [5, 5.41) is 15.5. The Balaban J connectivity index is 1.91. The molecule has 0 aromatic carbocycles. The highest BCUT2D eigenvalue weighted by Gasteiger charge is 2.13. The van der Waals surface area contributed by atoms with E-state index in [-0.39, 0.29) is 5.56 Å². The Morgan fingerprint density at radius 2 is 2.24 bits per heavy atom. The molecule has 2 N–H and O–H groups in total. The highest BCUT2D eigenvalue weighted by Crippen LogP contribution is 2.14. The molecule has 0 bridgehead atoms. The van der Waals surface area contributed by atoms with Gasteiger partial charge in [0.05, 0.1) is 19.3 Å². The van der Waals surface area contributed by atoms with E-state index in [0.717, 1.165) is 0 Å². The molecule has 17 heavy (non-hydrogen) atoms. The van der Waals surface area contributed by atoms with Gasteiger partial charge in [-0.1, -0.05) is 5.16 Å². The molecule has 6 heteroatoms. The Kier molecular flexibility index (Phi) is 3.24. The first-order chi connectivity index (χ1) is 8.16. The summed E-state index contributed by atoms with van der Waals surface area (Å²) in [6.45, 7) is 2.58. The second-order valence-electron chi connectivity index (χ2n) is 3.57. The maximum absolute atomic E-state index is 10.8. The average Bonchev–Trinajstić information content (AvgIpc) is 2.88. The van der Waals surface area contributed by atoms with Gasteiger partial charge in [-0.25, -0.2) is 4.79 Å². The number of rotatable bonds is 5. The van der Waals surface area contributed by atoms with Crippen molar-refractivity contribution in [3.63, 3.8) is 0 Å². The fourth-order valence-electron chi connectivity index (χ4n) is 1.49. The average molecular weight is 236 g/mol. The number of aromatic nitrogens is 1. The van der Waals surface area contributed by atoms with Crippen LogP contribution in [0.4, 0.5) is 0 Å². The van der Waals surface area contributed by atoms with Crippen molar-refractivity contribution >= 4 is 5.97 Å². The second kappa shape index (κ2) is 4.84. The fraction of sp³-hybridized carbons (Fsp3) is 0.273. The van der Waals surface area contributed by atoms with Crippen LogP contribution in [0.2, 0.25) is 0 Å². The van der Waals surface area contributed by atoms with E-state index >= 15 is 0 Å². The lowest BCUT2D eigenvalue weighted by Gasteiger charge is -1.98. The van der Waals surface area contributed by atoms with E-state index in [1.54, 1.807) is 19.2 Å². The van der Waals surface area contributed by atoms with Gasteiger partial charge in [-0.3, -0.25) is 0 Å². The van der Waals surface area contributed by atoms with Gasteiger partial charge in [0, 0.05) is 6.07 Å². The molecule has 0 spiro atoms. The number of carboxylic acids is 1. The molecule has 0 saturated heterocycles. The zero-order chi connectivity index (χ0) is 12.3. The normalized spacial score (nSPS) is 10.6. The van der Waals surface area contributed by atoms with Crippen LogP contribution < -0.4 is 5.32 Å². The van der Waals surface area contributed by atoms with E-state index in [1.807, 2.05) is 0 Å². The van der Waals surface area contributed by atoms with Gasteiger partial charge < -0.3 is 19.4 Å². The van der Waals surface area contributed by atoms with E-state index in [2.05, 4.69) is 10.5 Å². The largest absolute Gasteiger partial charge is 0.478 e. The first-order valence-corrected chi connectivity index (χ1v) is 5.09. The van der Waals surface area contributed by atoms with E-state index in [4.69, 9.17) is 14.0 Å². The van der Waals surface area contributed by atoms with E-state index in [1.165, 1.54) is 6.07 Å². The zero-order valence-corrected chi connectivity index (χ0v) is 9.27. The van der Waals surface area contributed by atoms with Gasteiger partial charge in [-0.05, 0) is 13.0 Å². The molecule has 0 fully saturated rings. The van der Waals surface area contributed by atoms with E-state index in [0.29, 0.717) is 30.4 Å². The molecule has 0 amide bonds. The molecule has 2 rings (SSSR count). The van der Waals surface area contributed by atoms with Crippen LogP contribution in [0.5, 0.6) is 0 Å². The maximum atomic E-state index is 10.8. The Labute approximate surface area is 97.2 Å². The van der Waals surface area contributed by atoms with Gasteiger partial charge in [0.25, 0.3) is 0 Å². The van der Waals surface area contributed by atoms with Crippen molar-refractivity contribution in [1.82, 2.24) is 10.5 Å². The summed E-state index contributed by atoms with van der Waals surface area (Å²) in [6, 6.07) is 3.27. The molecule has 0 atom stereocenters. The van der Waals surface area contributed by atoms with Crippen molar-refractivity contribution < 1.29 is 18.8 Å². The van der Waals surface area contributed by atoms with Crippen molar-refractivity contribution in [3.8, 4) is 0 Å². The number of furan rings is 1. The monoisotopic (exact) mass is 236 g/mol. The molecule has 0 unspecified atom stereocenters. The van der Waals surface area contributed by atoms with E-state index < -0.39 is 5.97 Å². The molecule has 0 saturated carbocycles. The quantitative estimate of drug-likeness (QED) is 0.819. The number of carboxylic acid groups (broad SMARTS) is 1. The number of nitrogens with zero attached hydrogens (tertiary/aromatic N) is 1. The molecule has 0 radical (unpaired) electrons. The van der Waals surface area contributed by atoms with Crippen LogP contribution in [0.25, 0.3) is 0 Å². The second-order valence-corrected chi connectivity index (χ2v) is 3.57. The third-order valence-corrected chi connectivity index (χ3v) is 2.29. The first kappa shape index (κ1) is 11.4. The lowest BCUT2D eigenvalue weighted by atomic mass is 10.2. The SMILES string of the molecule is Cc1oc(CNCc2ccno2)cc1C(=O)O. The smallest absolute Gasteiger partial charge is 0.339 e. The lowest BCUT2D eigenvalue weighted by Crippen LogP contribution is -2.11. The van der Waals surface area contributed by atoms with Gasteiger partial charge in [-0.2, -0.15) is 0 Å². The summed E-state index contributed by atoms with van der Waals surface area (Å²) in [4.78, 5) is 10.8. The predicted molar refractivity (Wildman–Crippen MR) is 57.5 cm³/mol. The Morgan fingerprint density at radius 1 is 1.47 bits per heavy atom. The molecule has 2 heterocycles. The number of hydrogen-bond donors (Lipinski definition) is 2. The first-order valence-electron chi connectivity index (χ1n) is 5.09. The molecular weight excluding hydrogens is 224 g/mol. The predicted octanol–water partition coefficient (Wildman–Crippen LogP) is 1.56. The van der Waals surface area contributed by atoms with Crippen LogP contribution in [0.1, 0.15) is 27.6 Å². The summed E-state index contributed by atoms with van der Waals surface area (Å²) in [6.07, 6.45) is 1.57. The molecule has 2 aromatic heterocycles. The number of aromatic carboxylic acids is 1. The number of hydrogen-bond acceptors (Lipinski definition) is 5. The highest BCUT2D eigenvalue weighted by atomic mass is 16.5. The van der Waals surface area contributed by atoms with Crippen LogP contribution >= 0.6 is 0 Å². The minimum atomic E-state index is -0.979. The van der Waals surface area contributed by atoms with Crippen LogP contribution in [0.15, 0.2) is 27.3 Å². The summed E-state index contributed by atoms with van der Waals surface area (Å²) in [5.74, 6) is 0.729. The third-order valence-electron chi connectivity index (χ3n) is 2.29. The maximum Gasteiger partial charge on any atom is 0.339 e. The van der Waals surface area contributed by atoms with Crippen LogP contribution in [-0.4, -0.2) is 16.2 Å². The van der Waals surface area contributed by atoms with Gasteiger partial charge in [0.15, 0.2) is 0 Å². The van der Waals surface area contributed by atoms with Gasteiger partial charge in [0.1, 0.15) is 22.8 Å². The van der Waals surface area contributed by atoms with Crippen LogP contribution in [0, 0.1) is 6.92 Å². The van der Waals surface area contributed by atoms with Crippen molar-refractivity contribution in [3.05, 3.63) is 41.2 Å². The van der Waals surface area contributed by atoms with Crippen molar-refractivity contribution in [2.75, 3.05) is 0 Å². The van der Waals surface area contributed by atoms with Crippen molar-refractivity contribution in [2.45, 2.75) is 20.0 Å². The Hall–Kier alpha value is -2.08. The molecule has 2 aromatic rings. The molecule has 90 valence electrons. The number of aryl methyl sites for hydroxylation is 1.